The van der Waals surface area contributed by atoms with Crippen LogP contribution in [0, 0.1) is 0 Å². The van der Waals surface area contributed by atoms with Gasteiger partial charge in [0.1, 0.15) is 11.0 Å². The maximum absolute atomic E-state index is 12.3. The van der Waals surface area contributed by atoms with Crippen molar-refractivity contribution in [2.24, 2.45) is 7.05 Å². The summed E-state index contributed by atoms with van der Waals surface area (Å²) in [7, 11) is 3.59. The van der Waals surface area contributed by atoms with Gasteiger partial charge in [-0.05, 0) is 13.0 Å². The molecular formula is C14H23Cl2N5OS. The van der Waals surface area contributed by atoms with Gasteiger partial charge in [0.05, 0.1) is 18.4 Å². The monoisotopic (exact) mass is 379 g/mol. The Morgan fingerprint density at radius 1 is 1.39 bits per heavy atom. The van der Waals surface area contributed by atoms with Crippen LogP contribution in [-0.4, -0.2) is 27.7 Å². The maximum Gasteiger partial charge on any atom is 0.242 e. The van der Waals surface area contributed by atoms with Crippen molar-refractivity contribution in [1.82, 2.24) is 25.4 Å². The number of thiazole rings is 1. The molecule has 0 aliphatic heterocycles. The largest absolute Gasteiger partial charge is 0.348 e. The second-order valence-corrected chi connectivity index (χ2v) is 6.15. The van der Waals surface area contributed by atoms with Crippen LogP contribution in [0.15, 0.2) is 17.8 Å². The third-order valence-electron chi connectivity index (χ3n) is 3.18. The molecule has 0 aliphatic carbocycles. The smallest absolute Gasteiger partial charge is 0.242 e. The first kappa shape index (κ1) is 21.9. The summed E-state index contributed by atoms with van der Waals surface area (Å²) in [5.74, 6) is 0.331. The van der Waals surface area contributed by atoms with Crippen molar-refractivity contribution in [2.45, 2.75) is 32.4 Å². The quantitative estimate of drug-likeness (QED) is 0.808. The van der Waals surface area contributed by atoms with Crippen LogP contribution in [0.1, 0.15) is 42.1 Å². The van der Waals surface area contributed by atoms with Crippen molar-refractivity contribution in [2.75, 3.05) is 7.05 Å². The van der Waals surface area contributed by atoms with E-state index in [4.69, 9.17) is 0 Å². The summed E-state index contributed by atoms with van der Waals surface area (Å²) in [4.78, 5) is 16.8. The standard InChI is InChI=1S/C14H21N5OS.2ClH/c1-9(2)11-8-21-12(18-11)6-16-14(20)13(15-3)10-5-17-19(4)7-10;;/h5,7-9,13,15H,6H2,1-4H3,(H,16,20);2*1H. The van der Waals surface area contributed by atoms with E-state index in [-0.39, 0.29) is 30.7 Å². The van der Waals surface area contributed by atoms with Crippen LogP contribution < -0.4 is 10.6 Å². The third kappa shape index (κ3) is 5.76. The Hall–Kier alpha value is -1.15. The fraction of sp³-hybridized carbons (Fsp3) is 0.500. The fourth-order valence-corrected chi connectivity index (χ4v) is 2.87. The predicted octanol–water partition coefficient (Wildman–Crippen LogP) is 2.42. The number of likely N-dealkylation sites (N-methyl/N-ethyl adjacent to an activating group) is 1. The lowest BCUT2D eigenvalue weighted by molar-refractivity contribution is -0.123. The van der Waals surface area contributed by atoms with E-state index in [0.29, 0.717) is 12.5 Å². The number of nitrogens with one attached hydrogen (secondary N) is 2. The summed E-state index contributed by atoms with van der Waals surface area (Å²) in [6.45, 7) is 4.67. The molecule has 9 heteroatoms. The average Bonchev–Trinajstić information content (AvgIpc) is 3.06. The van der Waals surface area contributed by atoms with E-state index in [0.717, 1.165) is 16.3 Å². The van der Waals surface area contributed by atoms with Crippen LogP contribution in [0.3, 0.4) is 0 Å². The van der Waals surface area contributed by atoms with E-state index in [1.807, 2.05) is 18.6 Å². The van der Waals surface area contributed by atoms with Gasteiger partial charge in [0.15, 0.2) is 0 Å². The molecule has 2 aromatic rings. The van der Waals surface area contributed by atoms with E-state index in [9.17, 15) is 4.79 Å². The first-order chi connectivity index (χ1) is 10.0. The predicted molar refractivity (Wildman–Crippen MR) is 97.6 cm³/mol. The highest BCUT2D eigenvalue weighted by molar-refractivity contribution is 7.09. The zero-order chi connectivity index (χ0) is 15.4. The van der Waals surface area contributed by atoms with E-state index >= 15 is 0 Å². The van der Waals surface area contributed by atoms with Crippen molar-refractivity contribution in [3.8, 4) is 0 Å². The van der Waals surface area contributed by atoms with Crippen LogP contribution in [0.5, 0.6) is 0 Å². The number of rotatable bonds is 6. The Morgan fingerprint density at radius 2 is 2.09 bits per heavy atom. The van der Waals surface area contributed by atoms with Gasteiger partial charge in [-0.25, -0.2) is 4.98 Å². The molecule has 0 radical (unpaired) electrons. The van der Waals surface area contributed by atoms with Crippen molar-refractivity contribution < 1.29 is 4.79 Å². The molecule has 2 heterocycles. The third-order valence-corrected chi connectivity index (χ3v) is 4.05. The topological polar surface area (TPSA) is 71.8 Å². The average molecular weight is 380 g/mol. The molecule has 6 nitrogen and oxygen atoms in total. The van der Waals surface area contributed by atoms with Gasteiger partial charge in [-0.2, -0.15) is 5.10 Å². The van der Waals surface area contributed by atoms with Crippen molar-refractivity contribution in [3.63, 3.8) is 0 Å². The molecule has 0 spiro atoms. The van der Waals surface area contributed by atoms with Crippen molar-refractivity contribution in [3.05, 3.63) is 34.0 Å². The zero-order valence-corrected chi connectivity index (χ0v) is 16.0. The highest BCUT2D eigenvalue weighted by Crippen LogP contribution is 2.18. The van der Waals surface area contributed by atoms with Crippen LogP contribution in [0.25, 0.3) is 0 Å². The summed E-state index contributed by atoms with van der Waals surface area (Å²) in [6.07, 6.45) is 3.53. The normalized spacial score (nSPS) is 11.5. The Bertz CT molecular complexity index is 614. The molecule has 0 bridgehead atoms. The molecule has 2 rings (SSSR count). The molecule has 1 unspecified atom stereocenters. The molecule has 2 aromatic heterocycles. The molecule has 0 aliphatic rings. The number of halogens is 2. The summed E-state index contributed by atoms with van der Waals surface area (Å²) >= 11 is 1.58. The van der Waals surface area contributed by atoms with Gasteiger partial charge in [0.2, 0.25) is 5.91 Å². The minimum absolute atomic E-state index is 0. The molecular weight excluding hydrogens is 357 g/mol. The summed E-state index contributed by atoms with van der Waals surface area (Å²) < 4.78 is 1.68. The first-order valence-electron chi connectivity index (χ1n) is 6.89. The van der Waals surface area contributed by atoms with Crippen LogP contribution in [-0.2, 0) is 18.4 Å². The van der Waals surface area contributed by atoms with Crippen molar-refractivity contribution in [1.29, 1.82) is 0 Å². The summed E-state index contributed by atoms with van der Waals surface area (Å²) in [5.41, 5.74) is 1.92. The second-order valence-electron chi connectivity index (χ2n) is 5.21. The first-order valence-corrected chi connectivity index (χ1v) is 7.77. The number of hydrogen-bond donors (Lipinski definition) is 2. The van der Waals surface area contributed by atoms with E-state index in [2.05, 4.69) is 34.6 Å². The number of carbonyl (C=O) groups excluding carboxylic acids is 1. The minimum Gasteiger partial charge on any atom is -0.348 e. The molecule has 0 saturated carbocycles. The van der Waals surface area contributed by atoms with Gasteiger partial charge in [-0.15, -0.1) is 36.2 Å². The highest BCUT2D eigenvalue weighted by atomic mass is 35.5. The molecule has 1 amide bonds. The maximum atomic E-state index is 12.3. The Balaban J connectivity index is 0.00000242. The van der Waals surface area contributed by atoms with Gasteiger partial charge >= 0.3 is 0 Å². The molecule has 0 fully saturated rings. The number of amides is 1. The SMILES string of the molecule is CNC(C(=O)NCc1nc(C(C)C)cs1)c1cnn(C)c1.Cl.Cl. The van der Waals surface area contributed by atoms with Gasteiger partial charge in [0.25, 0.3) is 0 Å². The number of carbonyl (C=O) groups is 1. The molecule has 0 saturated heterocycles. The zero-order valence-electron chi connectivity index (χ0n) is 13.6. The Kier molecular flexibility index (Phi) is 9.38. The molecule has 1 atom stereocenters. The molecule has 130 valence electrons. The van der Waals surface area contributed by atoms with Gasteiger partial charge in [0, 0.05) is 24.2 Å². The van der Waals surface area contributed by atoms with Crippen molar-refractivity contribution >= 4 is 42.1 Å². The van der Waals surface area contributed by atoms with Crippen LogP contribution in [0.4, 0.5) is 0 Å². The Morgan fingerprint density at radius 3 is 2.57 bits per heavy atom. The Labute approximate surface area is 152 Å². The van der Waals surface area contributed by atoms with E-state index in [1.165, 1.54) is 0 Å². The summed E-state index contributed by atoms with van der Waals surface area (Å²) in [5, 5.41) is 13.0. The number of nitrogens with zero attached hydrogens (tertiary/aromatic N) is 3. The van der Waals surface area contributed by atoms with Crippen LogP contribution in [0.2, 0.25) is 0 Å². The second kappa shape index (κ2) is 9.87. The number of aromatic nitrogens is 3. The number of aryl methyl sites for hydroxylation is 1. The minimum atomic E-state index is -0.400. The van der Waals surface area contributed by atoms with Crippen LogP contribution >= 0.6 is 36.2 Å². The van der Waals surface area contributed by atoms with E-state index in [1.54, 1.807) is 29.3 Å². The molecule has 0 aromatic carbocycles. The number of hydrogen-bond acceptors (Lipinski definition) is 5. The summed E-state index contributed by atoms with van der Waals surface area (Å²) in [6, 6.07) is -0.400. The lowest BCUT2D eigenvalue weighted by atomic mass is 10.1. The van der Waals surface area contributed by atoms with Gasteiger partial charge in [-0.1, -0.05) is 13.8 Å². The molecule has 23 heavy (non-hydrogen) atoms. The fourth-order valence-electron chi connectivity index (χ4n) is 1.97. The molecule has 2 N–H and O–H groups in total. The van der Waals surface area contributed by atoms with E-state index < -0.39 is 6.04 Å². The van der Waals surface area contributed by atoms with Gasteiger partial charge in [-0.3, -0.25) is 9.48 Å². The highest BCUT2D eigenvalue weighted by Gasteiger charge is 2.20. The van der Waals surface area contributed by atoms with Gasteiger partial charge < -0.3 is 10.6 Å². The lowest BCUT2D eigenvalue weighted by Gasteiger charge is -2.13. The lowest BCUT2D eigenvalue weighted by Crippen LogP contribution is -2.35.